The summed E-state index contributed by atoms with van der Waals surface area (Å²) in [5.74, 6) is -8.43. The smallest absolute Gasteiger partial charge is 0.196 e. The molecule has 0 spiro atoms. The Morgan fingerprint density at radius 2 is 1.42 bits per heavy atom. The summed E-state index contributed by atoms with van der Waals surface area (Å²) in [4.78, 5) is 0. The maximum Gasteiger partial charge on any atom is 0.196 e. The zero-order chi connectivity index (χ0) is 9.46. The van der Waals surface area contributed by atoms with E-state index in [0.29, 0.717) is 0 Å². The average Bonchev–Trinajstić information content (AvgIpc) is 2.08. The lowest BCUT2D eigenvalue weighted by Crippen LogP contribution is -2.18. The first kappa shape index (κ1) is 9.22. The minimum Gasteiger partial charge on any atom is -0.238 e. The number of alkyl halides is 1. The van der Waals surface area contributed by atoms with Crippen molar-refractivity contribution in [2.45, 2.75) is 13.1 Å². The van der Waals surface area contributed by atoms with Crippen LogP contribution >= 0.6 is 0 Å². The monoisotopic (exact) mass is 183 g/mol. The molecule has 0 saturated heterocycles. The topological polar surface area (TPSA) is 0 Å². The molecule has 1 rings (SSSR count). The van der Waals surface area contributed by atoms with Gasteiger partial charge in [-0.25, -0.2) is 22.0 Å². The van der Waals surface area contributed by atoms with Crippen LogP contribution in [0, 0.1) is 5.92 Å². The van der Waals surface area contributed by atoms with Gasteiger partial charge in [-0.2, -0.15) is 0 Å². The van der Waals surface area contributed by atoms with Gasteiger partial charge in [-0.1, -0.05) is 0 Å². The van der Waals surface area contributed by atoms with Gasteiger partial charge >= 0.3 is 0 Å². The fourth-order valence-electron chi connectivity index (χ4n) is 0.787. The van der Waals surface area contributed by atoms with Crippen molar-refractivity contribution in [3.63, 3.8) is 0 Å². The molecule has 0 amide bonds. The van der Waals surface area contributed by atoms with E-state index in [1.165, 1.54) is 0 Å². The summed E-state index contributed by atoms with van der Waals surface area (Å²) < 4.78 is 61.8. The van der Waals surface area contributed by atoms with Gasteiger partial charge < -0.3 is 0 Å². The summed E-state index contributed by atoms with van der Waals surface area (Å²) in [6.45, 7) is 0.853. The summed E-state index contributed by atoms with van der Waals surface area (Å²) in [6.07, 6.45) is -2.51. The van der Waals surface area contributed by atoms with Gasteiger partial charge in [0.2, 0.25) is 0 Å². The molecule has 0 N–H and O–H groups in total. The van der Waals surface area contributed by atoms with Crippen molar-refractivity contribution < 1.29 is 22.0 Å². The molecule has 0 fully saturated rings. The predicted octanol–water partition coefficient (Wildman–Crippen LogP) is 3.23. The number of rotatable bonds is 0. The van der Waals surface area contributed by atoms with Gasteiger partial charge in [0, 0.05) is 0 Å². The Balaban J connectivity index is 3.18. The minimum absolute atomic E-state index is 0.786. The van der Waals surface area contributed by atoms with Crippen LogP contribution in [0.1, 0.15) is 6.92 Å². The molecule has 0 aliphatic heterocycles. The highest BCUT2D eigenvalue weighted by atomic mass is 19.2. The molecule has 0 heterocycles. The predicted molar refractivity (Wildman–Crippen MR) is 32.3 cm³/mol. The van der Waals surface area contributed by atoms with E-state index in [1.54, 1.807) is 0 Å². The van der Waals surface area contributed by atoms with Crippen molar-refractivity contribution in [1.29, 1.82) is 0 Å². The zero-order valence-corrected chi connectivity index (χ0v) is 5.97. The summed E-state index contributed by atoms with van der Waals surface area (Å²) in [5.41, 5.74) is 0. The van der Waals surface area contributed by atoms with Gasteiger partial charge in [0.1, 0.15) is 5.83 Å². The lowest BCUT2D eigenvalue weighted by atomic mass is 9.97. The Morgan fingerprint density at radius 1 is 0.917 bits per heavy atom. The number of hydrogen-bond donors (Lipinski definition) is 0. The van der Waals surface area contributed by atoms with Crippen LogP contribution in [0.25, 0.3) is 0 Å². The molecule has 67 valence electrons. The van der Waals surface area contributed by atoms with Gasteiger partial charge in [-0.05, 0) is 6.92 Å². The van der Waals surface area contributed by atoms with Gasteiger partial charge in [0.25, 0.3) is 0 Å². The molecule has 1 radical (unpaired) electrons. The molecule has 1 atom stereocenters. The standard InChI is InChI=1S/C7H4F5/c1-2-3(8)5(10)7(12)6(11)4(2)9/h3H,1H3. The average molecular weight is 183 g/mol. The Labute approximate surface area is 65.4 Å². The van der Waals surface area contributed by atoms with Gasteiger partial charge in [0.15, 0.2) is 23.7 Å². The largest absolute Gasteiger partial charge is 0.238 e. The molecule has 1 aliphatic carbocycles. The van der Waals surface area contributed by atoms with E-state index in [2.05, 4.69) is 0 Å². The molecular weight excluding hydrogens is 179 g/mol. The zero-order valence-electron chi connectivity index (χ0n) is 5.97. The van der Waals surface area contributed by atoms with E-state index in [1.807, 2.05) is 0 Å². The quantitative estimate of drug-likeness (QED) is 0.505. The third-order valence-electron chi connectivity index (χ3n) is 1.54. The Morgan fingerprint density at radius 3 is 1.92 bits per heavy atom. The molecule has 5 heteroatoms. The second kappa shape index (κ2) is 2.88. The van der Waals surface area contributed by atoms with Crippen LogP contribution in [0.4, 0.5) is 22.0 Å². The molecule has 0 aromatic rings. The number of hydrogen-bond acceptors (Lipinski definition) is 0. The van der Waals surface area contributed by atoms with Gasteiger partial charge in [-0.3, -0.25) is 0 Å². The SMILES string of the molecule is C[C]1C(F)=C(F)C(F)=C(F)C1F. The first-order valence-electron chi connectivity index (χ1n) is 3.05. The highest BCUT2D eigenvalue weighted by molar-refractivity contribution is 5.42. The van der Waals surface area contributed by atoms with E-state index >= 15 is 0 Å². The molecule has 0 bridgehead atoms. The van der Waals surface area contributed by atoms with Crippen molar-refractivity contribution in [2.24, 2.45) is 0 Å². The summed E-state index contributed by atoms with van der Waals surface area (Å²) in [6, 6.07) is 0. The van der Waals surface area contributed by atoms with E-state index in [9.17, 15) is 22.0 Å². The first-order chi connectivity index (χ1) is 5.46. The maximum absolute atomic E-state index is 12.5. The van der Waals surface area contributed by atoms with Crippen molar-refractivity contribution in [2.75, 3.05) is 0 Å². The molecule has 0 saturated carbocycles. The van der Waals surface area contributed by atoms with Crippen LogP contribution < -0.4 is 0 Å². The Bertz CT molecular complexity index is 237. The third-order valence-corrected chi connectivity index (χ3v) is 1.54. The van der Waals surface area contributed by atoms with Gasteiger partial charge in [-0.15, -0.1) is 0 Å². The molecule has 0 aromatic carbocycles. The van der Waals surface area contributed by atoms with Crippen molar-refractivity contribution in [3.8, 4) is 0 Å². The normalized spacial score (nSPS) is 27.0. The van der Waals surface area contributed by atoms with E-state index in [0.717, 1.165) is 6.92 Å². The molecule has 1 unspecified atom stereocenters. The Kier molecular flexibility index (Phi) is 2.21. The second-order valence-corrected chi connectivity index (χ2v) is 2.34. The highest BCUT2D eigenvalue weighted by Crippen LogP contribution is 2.40. The number of halogens is 5. The van der Waals surface area contributed by atoms with Gasteiger partial charge in [0.05, 0.1) is 5.92 Å². The van der Waals surface area contributed by atoms with Crippen LogP contribution in [-0.4, -0.2) is 6.17 Å². The van der Waals surface area contributed by atoms with Crippen LogP contribution in [0.2, 0.25) is 0 Å². The van der Waals surface area contributed by atoms with Crippen LogP contribution in [-0.2, 0) is 0 Å². The van der Waals surface area contributed by atoms with Crippen molar-refractivity contribution >= 4 is 0 Å². The Hall–Kier alpha value is -0.870. The fourth-order valence-corrected chi connectivity index (χ4v) is 0.787. The van der Waals surface area contributed by atoms with Crippen molar-refractivity contribution in [1.82, 2.24) is 0 Å². The minimum atomic E-state index is -2.51. The lowest BCUT2D eigenvalue weighted by Gasteiger charge is -2.17. The fraction of sp³-hybridized carbons (Fsp3) is 0.286. The molecule has 0 nitrogen and oxygen atoms in total. The van der Waals surface area contributed by atoms with Crippen LogP contribution in [0.5, 0.6) is 0 Å². The first-order valence-corrected chi connectivity index (χ1v) is 3.05. The van der Waals surface area contributed by atoms with E-state index < -0.39 is 35.4 Å². The van der Waals surface area contributed by atoms with E-state index in [4.69, 9.17) is 0 Å². The van der Waals surface area contributed by atoms with E-state index in [-0.39, 0.29) is 0 Å². The summed E-state index contributed by atoms with van der Waals surface area (Å²) in [7, 11) is 0. The van der Waals surface area contributed by atoms with Crippen LogP contribution in [0.3, 0.4) is 0 Å². The molecule has 0 aromatic heterocycles. The highest BCUT2D eigenvalue weighted by Gasteiger charge is 2.37. The summed E-state index contributed by atoms with van der Waals surface area (Å²) in [5, 5.41) is 0. The maximum atomic E-state index is 12.5. The lowest BCUT2D eigenvalue weighted by molar-refractivity contribution is 0.295. The van der Waals surface area contributed by atoms with Crippen LogP contribution in [0.15, 0.2) is 23.3 Å². The molecule has 1 aliphatic rings. The second-order valence-electron chi connectivity index (χ2n) is 2.34. The number of allylic oxidation sites excluding steroid dienone is 4. The summed E-state index contributed by atoms with van der Waals surface area (Å²) >= 11 is 0. The van der Waals surface area contributed by atoms with Crippen molar-refractivity contribution in [3.05, 3.63) is 29.2 Å². The molecule has 12 heavy (non-hydrogen) atoms. The third kappa shape index (κ3) is 1.13. The molecular formula is C7H4F5.